The average Bonchev–Trinajstić information content (AvgIpc) is 3.49. The van der Waals surface area contributed by atoms with E-state index in [1.165, 1.54) is 4.90 Å². The van der Waals surface area contributed by atoms with E-state index in [4.69, 9.17) is 21.4 Å². The molecule has 0 spiro atoms. The van der Waals surface area contributed by atoms with E-state index >= 15 is 0 Å². The molecule has 2 amide bonds. The number of halogens is 1. The first-order valence-corrected chi connectivity index (χ1v) is 15.4. The van der Waals surface area contributed by atoms with Crippen molar-refractivity contribution in [1.29, 1.82) is 0 Å². The van der Waals surface area contributed by atoms with Gasteiger partial charge in [-0.2, -0.15) is 5.10 Å². The van der Waals surface area contributed by atoms with E-state index in [1.807, 2.05) is 50.7 Å². The monoisotopic (exact) mass is 618 g/mol. The highest BCUT2D eigenvalue weighted by Gasteiger charge is 2.32. The molecule has 1 aliphatic heterocycles. The van der Waals surface area contributed by atoms with Gasteiger partial charge in [-0.3, -0.25) is 14.3 Å². The molecule has 1 fully saturated rings. The minimum atomic E-state index is -1.45. The molecule has 0 bridgehead atoms. The Bertz CT molecular complexity index is 1640. The van der Waals surface area contributed by atoms with Crippen LogP contribution in [0.15, 0.2) is 35.9 Å². The van der Waals surface area contributed by atoms with Gasteiger partial charge in [0.1, 0.15) is 5.75 Å². The lowest BCUT2D eigenvalue weighted by molar-refractivity contribution is -0.156. The van der Waals surface area contributed by atoms with Crippen LogP contribution in [0.2, 0.25) is 5.02 Å². The molecule has 1 aromatic heterocycles. The van der Waals surface area contributed by atoms with Gasteiger partial charge < -0.3 is 20.1 Å². The minimum absolute atomic E-state index is 0.116. The summed E-state index contributed by atoms with van der Waals surface area (Å²) in [5, 5.41) is 17.6. The molecule has 0 atom stereocenters. The van der Waals surface area contributed by atoms with Crippen LogP contribution in [-0.4, -0.2) is 63.3 Å². The van der Waals surface area contributed by atoms with Crippen LogP contribution in [0.1, 0.15) is 59.3 Å². The van der Waals surface area contributed by atoms with Crippen LogP contribution in [0.4, 0.5) is 0 Å². The molecule has 3 aromatic rings. The largest absolute Gasteiger partial charge is 0.494 e. The van der Waals surface area contributed by atoms with Crippen LogP contribution < -0.4 is 10.1 Å². The molecule has 0 saturated carbocycles. The molecule has 5 rings (SSSR count). The number of hydrogen-bond donors (Lipinski definition) is 2. The summed E-state index contributed by atoms with van der Waals surface area (Å²) in [4.78, 5) is 38.2. The number of carboxylic acid groups (broad SMARTS) is 1. The summed E-state index contributed by atoms with van der Waals surface area (Å²) >= 11 is 6.33. The molecule has 232 valence electrons. The molecule has 2 heterocycles. The van der Waals surface area contributed by atoms with Gasteiger partial charge >= 0.3 is 11.9 Å². The zero-order chi connectivity index (χ0) is 31.7. The predicted molar refractivity (Wildman–Crippen MR) is 170 cm³/mol. The van der Waals surface area contributed by atoms with Gasteiger partial charge in [0, 0.05) is 54.5 Å². The number of nitrogens with zero attached hydrogens (tertiary/aromatic N) is 3. The van der Waals surface area contributed by atoms with Crippen LogP contribution >= 0.6 is 11.6 Å². The Morgan fingerprint density at radius 1 is 1.07 bits per heavy atom. The van der Waals surface area contributed by atoms with Gasteiger partial charge in [0.25, 0.3) is 0 Å². The van der Waals surface area contributed by atoms with Gasteiger partial charge in [0.05, 0.1) is 12.3 Å². The van der Waals surface area contributed by atoms with Gasteiger partial charge in [0.15, 0.2) is 0 Å². The molecule has 2 aromatic carbocycles. The van der Waals surface area contributed by atoms with Gasteiger partial charge in [-0.15, -0.1) is 0 Å². The normalized spacial score (nSPS) is 15.0. The van der Waals surface area contributed by atoms with Gasteiger partial charge in [0.2, 0.25) is 5.91 Å². The predicted octanol–water partition coefficient (Wildman–Crippen LogP) is 5.33. The zero-order valence-electron chi connectivity index (χ0n) is 25.9. The van der Waals surface area contributed by atoms with Gasteiger partial charge in [-0.25, -0.2) is 4.79 Å². The van der Waals surface area contributed by atoms with Crippen LogP contribution in [0.25, 0.3) is 16.7 Å². The number of piperidine rings is 1. The lowest BCUT2D eigenvalue weighted by Gasteiger charge is -2.31. The fourth-order valence-electron chi connectivity index (χ4n) is 6.47. The zero-order valence-corrected chi connectivity index (χ0v) is 26.7. The second-order valence-electron chi connectivity index (χ2n) is 11.8. The highest BCUT2D eigenvalue weighted by atomic mass is 35.5. The summed E-state index contributed by atoms with van der Waals surface area (Å²) in [5.41, 5.74) is 10.1. The van der Waals surface area contributed by atoms with E-state index in [0.29, 0.717) is 45.4 Å². The molecule has 44 heavy (non-hydrogen) atoms. The van der Waals surface area contributed by atoms with Crippen molar-refractivity contribution < 1.29 is 24.2 Å². The maximum absolute atomic E-state index is 13.9. The minimum Gasteiger partial charge on any atom is -0.494 e. The lowest BCUT2D eigenvalue weighted by atomic mass is 9.93. The Kier molecular flexibility index (Phi) is 9.15. The first-order chi connectivity index (χ1) is 21.0. The third-order valence-electron chi connectivity index (χ3n) is 8.82. The van der Waals surface area contributed by atoms with Crippen LogP contribution in [0.5, 0.6) is 5.75 Å². The van der Waals surface area contributed by atoms with Gasteiger partial charge in [-0.1, -0.05) is 29.8 Å². The molecule has 1 saturated heterocycles. The van der Waals surface area contributed by atoms with Crippen LogP contribution in [0, 0.1) is 27.7 Å². The number of aromatic nitrogens is 2. The first-order valence-electron chi connectivity index (χ1n) is 15.0. The molecule has 10 heteroatoms. The standard InChI is InChI=1S/C34H39ClN4O5/c1-19-16-24(17-20(2)31(19)35)44-15-7-10-26-25-8-6-9-27(30-21(3)37-38(5)22(30)4)28(25)18-29(26)32(40)36-23-11-13-39(14-12-23)33(41)34(42)43/h6,8-9,16-17,23H,7,10-15,18H2,1-5H3,(H,36,40)(H,42,43). The Morgan fingerprint density at radius 3 is 2.34 bits per heavy atom. The van der Waals surface area contributed by atoms with Crippen molar-refractivity contribution in [2.24, 2.45) is 7.05 Å². The summed E-state index contributed by atoms with van der Waals surface area (Å²) < 4.78 is 7.98. The van der Waals surface area contributed by atoms with Crippen molar-refractivity contribution in [2.75, 3.05) is 19.7 Å². The van der Waals surface area contributed by atoms with E-state index in [2.05, 4.69) is 29.5 Å². The molecule has 0 unspecified atom stereocenters. The summed E-state index contributed by atoms with van der Waals surface area (Å²) in [6.07, 6.45) is 2.91. The molecular weight excluding hydrogens is 580 g/mol. The molecular formula is C34H39ClN4O5. The number of nitrogens with one attached hydrogen (secondary N) is 1. The topological polar surface area (TPSA) is 114 Å². The summed E-state index contributed by atoms with van der Waals surface area (Å²) in [5.74, 6) is -1.69. The number of rotatable bonds is 8. The number of aryl methyl sites for hydroxylation is 4. The highest BCUT2D eigenvalue weighted by Crippen LogP contribution is 2.42. The van der Waals surface area contributed by atoms with E-state index in [9.17, 15) is 14.4 Å². The Labute approximate surface area is 262 Å². The van der Waals surface area contributed by atoms with E-state index in [1.54, 1.807) is 0 Å². The number of ether oxygens (including phenoxy) is 1. The smallest absolute Gasteiger partial charge is 0.394 e. The van der Waals surface area contributed by atoms with Crippen molar-refractivity contribution in [2.45, 2.75) is 65.8 Å². The summed E-state index contributed by atoms with van der Waals surface area (Å²) in [7, 11) is 1.94. The van der Waals surface area contributed by atoms with E-state index < -0.39 is 11.9 Å². The third-order valence-corrected chi connectivity index (χ3v) is 9.42. The molecule has 0 radical (unpaired) electrons. The number of allylic oxidation sites excluding steroid dienone is 1. The lowest BCUT2D eigenvalue weighted by Crippen LogP contribution is -2.48. The first kappa shape index (κ1) is 31.3. The number of amides is 2. The van der Waals surface area contributed by atoms with Crippen LogP contribution in [-0.2, 0) is 27.9 Å². The number of carbonyl (C=O) groups excluding carboxylic acids is 2. The summed E-state index contributed by atoms with van der Waals surface area (Å²) in [6, 6.07) is 10.00. The number of fused-ring (bicyclic) bond motifs is 1. The van der Waals surface area contributed by atoms with E-state index in [-0.39, 0.29) is 11.9 Å². The molecule has 2 N–H and O–H groups in total. The number of hydrogen-bond acceptors (Lipinski definition) is 5. The third kappa shape index (κ3) is 6.24. The molecule has 9 nitrogen and oxygen atoms in total. The number of benzene rings is 2. The summed E-state index contributed by atoms with van der Waals surface area (Å²) in [6.45, 7) is 9.09. The molecule has 1 aliphatic carbocycles. The number of carbonyl (C=O) groups is 3. The van der Waals surface area contributed by atoms with E-state index in [0.717, 1.165) is 73.1 Å². The number of aliphatic carboxylic acids is 1. The number of carboxylic acids is 1. The SMILES string of the molecule is Cc1cc(OCCCC2=C(C(=O)NC3CCN(C(=O)C(=O)O)CC3)Cc3c2cccc3-c2c(C)nn(C)c2C)cc(C)c1Cl. The maximum Gasteiger partial charge on any atom is 0.394 e. The van der Waals surface area contributed by atoms with Crippen LogP contribution in [0.3, 0.4) is 0 Å². The van der Waals surface area contributed by atoms with Crippen molar-refractivity contribution in [3.63, 3.8) is 0 Å². The van der Waals surface area contributed by atoms with Crippen molar-refractivity contribution in [3.8, 4) is 16.9 Å². The Hall–Kier alpha value is -4.11. The highest BCUT2D eigenvalue weighted by molar-refractivity contribution is 6.32. The van der Waals surface area contributed by atoms with Crippen molar-refractivity contribution in [3.05, 3.63) is 74.6 Å². The van der Waals surface area contributed by atoms with Crippen molar-refractivity contribution in [1.82, 2.24) is 20.0 Å². The van der Waals surface area contributed by atoms with Gasteiger partial charge in [-0.05, 0) is 98.9 Å². The Balaban J connectivity index is 1.37. The molecule has 2 aliphatic rings. The van der Waals surface area contributed by atoms with Crippen molar-refractivity contribution >= 4 is 35.0 Å². The average molecular weight is 619 g/mol. The second kappa shape index (κ2) is 12.9. The fourth-order valence-corrected chi connectivity index (χ4v) is 6.58. The fraction of sp³-hybridized carbons (Fsp3) is 0.412. The maximum atomic E-state index is 13.9. The second-order valence-corrected chi connectivity index (χ2v) is 12.2. The Morgan fingerprint density at radius 2 is 1.73 bits per heavy atom. The number of likely N-dealkylation sites (tertiary alicyclic amines) is 1. The quantitative estimate of drug-likeness (QED) is 0.260.